The average molecular weight is 449 g/mol. The van der Waals surface area contributed by atoms with Gasteiger partial charge in [-0.3, -0.25) is 4.79 Å². The quantitative estimate of drug-likeness (QED) is 0.128. The normalized spacial score (nSPS) is 13.4. The maximum atomic E-state index is 12.9. The summed E-state index contributed by atoms with van der Waals surface area (Å²) in [6.45, 7) is 15.5. The van der Waals surface area contributed by atoms with Gasteiger partial charge in [0.15, 0.2) is 5.78 Å². The molecule has 0 bridgehead atoms. The number of terminal acetylenes is 2. The topological polar surface area (TPSA) is 55.8 Å². The summed E-state index contributed by atoms with van der Waals surface area (Å²) in [6.07, 6.45) is 18.7. The van der Waals surface area contributed by atoms with E-state index in [2.05, 4.69) is 36.8 Å². The Morgan fingerprint density at radius 2 is 1.88 bits per heavy atom. The van der Waals surface area contributed by atoms with E-state index in [0.29, 0.717) is 17.6 Å². The number of carbonyl (C=O) groups is 1. The van der Waals surface area contributed by atoms with Crippen LogP contribution in [0.1, 0.15) is 40.5 Å². The first-order valence-electron chi connectivity index (χ1n) is 10.8. The molecule has 33 heavy (non-hydrogen) atoms. The number of carbonyl (C=O) groups excluding carboxylic acids is 1. The van der Waals surface area contributed by atoms with E-state index in [1.807, 2.05) is 27.7 Å². The minimum Gasteiger partial charge on any atom is -0.508 e. The lowest BCUT2D eigenvalue weighted by atomic mass is 9.85. The number of aliphatic hydroxyl groups is 1. The van der Waals surface area contributed by atoms with E-state index in [9.17, 15) is 9.90 Å². The van der Waals surface area contributed by atoms with E-state index in [1.54, 1.807) is 24.3 Å². The average Bonchev–Trinajstić information content (AvgIpc) is 2.75. The summed E-state index contributed by atoms with van der Waals surface area (Å²) in [4.78, 5) is 12.9. The molecule has 0 aliphatic heterocycles. The van der Waals surface area contributed by atoms with E-state index in [-0.39, 0.29) is 43.7 Å². The molecule has 0 spiro atoms. The Hall–Kier alpha value is -3.23. The zero-order valence-electron chi connectivity index (χ0n) is 20.3. The van der Waals surface area contributed by atoms with E-state index in [1.165, 1.54) is 6.08 Å². The molecular weight excluding hydrogens is 412 g/mol. The molecule has 0 fully saturated rings. The van der Waals surface area contributed by atoms with E-state index in [4.69, 9.17) is 22.3 Å². The lowest BCUT2D eigenvalue weighted by Gasteiger charge is -2.24. The van der Waals surface area contributed by atoms with Crippen LogP contribution >= 0.6 is 0 Å². The Balaban J connectivity index is 5.24. The molecule has 0 aromatic carbocycles. The minimum absolute atomic E-state index is 0.0346. The van der Waals surface area contributed by atoms with Crippen LogP contribution in [0, 0.1) is 47.9 Å². The summed E-state index contributed by atoms with van der Waals surface area (Å²) < 4.78 is 11.0. The third-order valence-electron chi connectivity index (χ3n) is 4.42. The van der Waals surface area contributed by atoms with Gasteiger partial charge in [-0.15, -0.1) is 19.4 Å². The van der Waals surface area contributed by atoms with Gasteiger partial charge in [-0.05, 0) is 43.9 Å². The Kier molecular flexibility index (Phi) is 14.8. The molecule has 0 aromatic rings. The molecule has 0 aromatic heterocycles. The molecule has 1 N–H and O–H groups in total. The smallest absolute Gasteiger partial charge is 0.163 e. The summed E-state index contributed by atoms with van der Waals surface area (Å²) >= 11 is 0. The van der Waals surface area contributed by atoms with Crippen molar-refractivity contribution >= 4 is 5.78 Å². The lowest BCUT2D eigenvalue weighted by Crippen LogP contribution is -2.33. The fraction of sp³-hybridized carbons (Fsp3) is 0.414. The monoisotopic (exact) mass is 448 g/mol. The predicted octanol–water partition coefficient (Wildman–Crippen LogP) is 5.36. The minimum atomic E-state index is -0.617. The highest BCUT2D eigenvalue weighted by molar-refractivity contribution is 5.84. The molecule has 1 atom stereocenters. The third kappa shape index (κ3) is 13.0. The van der Waals surface area contributed by atoms with Gasteiger partial charge < -0.3 is 14.6 Å². The van der Waals surface area contributed by atoms with Crippen LogP contribution in [-0.4, -0.2) is 36.8 Å². The van der Waals surface area contributed by atoms with Gasteiger partial charge in [0.2, 0.25) is 0 Å². The Bertz CT molecular complexity index is 902. The second kappa shape index (κ2) is 16.4. The highest BCUT2D eigenvalue weighted by Gasteiger charge is 2.28. The van der Waals surface area contributed by atoms with Crippen LogP contribution in [-0.2, 0) is 14.3 Å². The lowest BCUT2D eigenvalue weighted by molar-refractivity contribution is -0.133. The van der Waals surface area contributed by atoms with Gasteiger partial charge in [-0.1, -0.05) is 62.3 Å². The third-order valence-corrected chi connectivity index (χ3v) is 4.42. The van der Waals surface area contributed by atoms with Gasteiger partial charge in [-0.25, -0.2) is 0 Å². The molecule has 0 saturated carbocycles. The molecule has 0 rings (SSSR count). The second-order valence-electron chi connectivity index (χ2n) is 8.27. The van der Waals surface area contributed by atoms with Crippen LogP contribution in [0.3, 0.4) is 0 Å². The van der Waals surface area contributed by atoms with Gasteiger partial charge >= 0.3 is 0 Å². The maximum Gasteiger partial charge on any atom is 0.163 e. The van der Waals surface area contributed by atoms with Gasteiger partial charge in [-0.2, -0.15) is 0 Å². The molecule has 0 aliphatic carbocycles. The first-order chi connectivity index (χ1) is 15.6. The van der Waals surface area contributed by atoms with Crippen molar-refractivity contribution in [2.24, 2.45) is 11.3 Å². The molecule has 176 valence electrons. The molecule has 0 heterocycles. The van der Waals surface area contributed by atoms with Crippen molar-refractivity contribution in [2.45, 2.75) is 46.6 Å². The van der Waals surface area contributed by atoms with Crippen molar-refractivity contribution in [1.29, 1.82) is 0 Å². The van der Waals surface area contributed by atoms with Crippen LogP contribution in [0.25, 0.3) is 0 Å². The molecule has 0 amide bonds. The first kappa shape index (κ1) is 29.8. The highest BCUT2D eigenvalue weighted by Crippen LogP contribution is 2.23. The van der Waals surface area contributed by atoms with Gasteiger partial charge in [0.1, 0.15) is 25.1 Å². The Labute approximate surface area is 200 Å². The van der Waals surface area contributed by atoms with Gasteiger partial charge in [0, 0.05) is 17.4 Å². The number of rotatable bonds is 14. The van der Waals surface area contributed by atoms with Crippen molar-refractivity contribution in [2.75, 3.05) is 19.8 Å². The molecule has 0 radical (unpaired) electrons. The fourth-order valence-electron chi connectivity index (χ4n) is 2.81. The number of ether oxygens (including phenoxy) is 2. The Morgan fingerprint density at radius 3 is 2.42 bits per heavy atom. The molecule has 4 nitrogen and oxygen atoms in total. The largest absolute Gasteiger partial charge is 0.508 e. The van der Waals surface area contributed by atoms with Crippen LogP contribution in [0.15, 0.2) is 60.4 Å². The molecule has 1 unspecified atom stereocenters. The van der Waals surface area contributed by atoms with Crippen molar-refractivity contribution in [3.63, 3.8) is 0 Å². The number of hydrogen-bond donors (Lipinski definition) is 1. The van der Waals surface area contributed by atoms with Crippen molar-refractivity contribution in [3.05, 3.63) is 60.4 Å². The maximum absolute atomic E-state index is 12.9. The summed E-state index contributed by atoms with van der Waals surface area (Å²) in [6, 6.07) is 0. The number of Topliss-reactive ketones (excluding diaryl/α,β-unsaturated/α-hetero) is 1. The zero-order chi connectivity index (χ0) is 25.3. The van der Waals surface area contributed by atoms with Gasteiger partial charge in [0.05, 0.1) is 6.61 Å². The summed E-state index contributed by atoms with van der Waals surface area (Å²) in [7, 11) is 0. The number of allylic oxidation sites excluding steroid dienone is 6. The molecule has 0 aliphatic rings. The molecule has 4 heteroatoms. The number of hydrogen-bond acceptors (Lipinski definition) is 4. The summed E-state index contributed by atoms with van der Waals surface area (Å²) in [5.41, 5.74) is 0.690. The van der Waals surface area contributed by atoms with Crippen LogP contribution in [0.2, 0.25) is 0 Å². The fourth-order valence-corrected chi connectivity index (χ4v) is 2.81. The second-order valence-corrected chi connectivity index (χ2v) is 8.27. The number of ketones is 1. The molecule has 0 saturated heterocycles. The van der Waals surface area contributed by atoms with Crippen molar-refractivity contribution < 1.29 is 19.4 Å². The van der Waals surface area contributed by atoms with E-state index in [0.717, 1.165) is 0 Å². The van der Waals surface area contributed by atoms with Crippen LogP contribution in [0.4, 0.5) is 0 Å². The SMILES string of the molecule is C#CCOCC#CC(C)(C)CC(=O)C(OC\C=C(O)/C(=C/C=C(/C#C)C=C)CC=C)C(C)C. The van der Waals surface area contributed by atoms with E-state index < -0.39 is 11.5 Å². The summed E-state index contributed by atoms with van der Waals surface area (Å²) in [5, 5.41) is 10.5. The first-order valence-corrected chi connectivity index (χ1v) is 10.8. The highest BCUT2D eigenvalue weighted by atomic mass is 16.5. The Morgan fingerprint density at radius 1 is 1.18 bits per heavy atom. The molecular formula is C29H36O4. The summed E-state index contributed by atoms with van der Waals surface area (Å²) in [5.74, 6) is 10.8. The number of aliphatic hydroxyl groups excluding tert-OH is 1. The zero-order valence-corrected chi connectivity index (χ0v) is 20.3. The predicted molar refractivity (Wildman–Crippen MR) is 136 cm³/mol. The van der Waals surface area contributed by atoms with Crippen LogP contribution < -0.4 is 0 Å². The van der Waals surface area contributed by atoms with Crippen molar-refractivity contribution in [1.82, 2.24) is 0 Å². The van der Waals surface area contributed by atoms with Crippen molar-refractivity contribution in [3.8, 4) is 36.5 Å². The van der Waals surface area contributed by atoms with E-state index >= 15 is 0 Å². The van der Waals surface area contributed by atoms with Crippen LogP contribution in [0.5, 0.6) is 0 Å². The standard InChI is InChI=1S/C29H36O4/c1-9-14-25(16-15-24(11-3)12-4)26(30)17-21-33-28(23(5)6)27(31)22-29(7,8)18-13-20-32-19-10-2/h2-3,9,12,15-17,23,28,30H,1,4,14,19-22H2,5-8H3/b24-15-,25-16+,26-17+. The van der Waals surface area contributed by atoms with Gasteiger partial charge in [0.25, 0.3) is 0 Å².